The zero-order valence-corrected chi connectivity index (χ0v) is 16.6. The summed E-state index contributed by atoms with van der Waals surface area (Å²) in [6.07, 6.45) is 2.47. The molecule has 7 nitrogen and oxygen atoms in total. The van der Waals surface area contributed by atoms with Gasteiger partial charge in [0.05, 0.1) is 30.3 Å². The summed E-state index contributed by atoms with van der Waals surface area (Å²) < 4.78 is 4.67. The number of nitrogens with one attached hydrogen (secondary N) is 2. The quantitative estimate of drug-likeness (QED) is 0.648. The highest BCUT2D eigenvalue weighted by atomic mass is 16.5. The smallest absolute Gasteiger partial charge is 0.337 e. The summed E-state index contributed by atoms with van der Waals surface area (Å²) in [4.78, 5) is 34.5. The number of aromatic amines is 1. The van der Waals surface area contributed by atoms with Crippen molar-refractivity contribution in [3.63, 3.8) is 0 Å². The van der Waals surface area contributed by atoms with Crippen molar-refractivity contribution in [3.05, 3.63) is 59.4 Å². The number of rotatable bonds is 5. The maximum Gasteiger partial charge on any atom is 0.337 e. The number of benzene rings is 2. The Balaban J connectivity index is 1.46. The Morgan fingerprint density at radius 2 is 1.97 bits per heavy atom. The van der Waals surface area contributed by atoms with Gasteiger partial charge in [0, 0.05) is 17.3 Å². The number of aromatic nitrogens is 2. The molecule has 1 aliphatic rings. The number of methoxy groups -OCH3 is 1. The zero-order valence-electron chi connectivity index (χ0n) is 16.6. The van der Waals surface area contributed by atoms with Crippen molar-refractivity contribution in [1.29, 1.82) is 0 Å². The fourth-order valence-electron chi connectivity index (χ4n) is 3.71. The first-order valence-electron chi connectivity index (χ1n) is 9.76. The molecule has 0 saturated carbocycles. The fourth-order valence-corrected chi connectivity index (χ4v) is 3.71. The molecule has 1 aliphatic heterocycles. The Kier molecular flexibility index (Phi) is 5.31. The third-order valence-corrected chi connectivity index (χ3v) is 5.40. The van der Waals surface area contributed by atoms with Crippen LogP contribution >= 0.6 is 0 Å². The average molecular weight is 392 g/mol. The van der Waals surface area contributed by atoms with Crippen LogP contribution in [0.2, 0.25) is 0 Å². The molecule has 1 saturated heterocycles. The van der Waals surface area contributed by atoms with Gasteiger partial charge in [-0.3, -0.25) is 9.69 Å². The Hall–Kier alpha value is -3.19. The maximum atomic E-state index is 12.5. The van der Waals surface area contributed by atoms with E-state index < -0.39 is 5.97 Å². The molecule has 2 aromatic carbocycles. The minimum absolute atomic E-state index is 0.244. The van der Waals surface area contributed by atoms with Crippen LogP contribution in [-0.2, 0) is 11.3 Å². The minimum Gasteiger partial charge on any atom is -0.465 e. The first kappa shape index (κ1) is 19.1. The molecule has 2 heterocycles. The van der Waals surface area contributed by atoms with Crippen LogP contribution in [0.1, 0.15) is 46.3 Å². The van der Waals surface area contributed by atoms with Gasteiger partial charge in [0.2, 0.25) is 0 Å². The van der Waals surface area contributed by atoms with Gasteiger partial charge in [-0.1, -0.05) is 0 Å². The van der Waals surface area contributed by atoms with E-state index in [1.54, 1.807) is 24.3 Å². The van der Waals surface area contributed by atoms with Gasteiger partial charge in [0.1, 0.15) is 5.82 Å². The monoisotopic (exact) mass is 392 g/mol. The van der Waals surface area contributed by atoms with E-state index in [1.807, 2.05) is 18.2 Å². The summed E-state index contributed by atoms with van der Waals surface area (Å²) in [6, 6.07) is 12.6. The Morgan fingerprint density at radius 1 is 1.21 bits per heavy atom. The predicted molar refractivity (Wildman–Crippen MR) is 111 cm³/mol. The van der Waals surface area contributed by atoms with Crippen molar-refractivity contribution >= 4 is 28.6 Å². The predicted octanol–water partition coefficient (Wildman–Crippen LogP) is 3.59. The second-order valence-corrected chi connectivity index (χ2v) is 7.40. The summed E-state index contributed by atoms with van der Waals surface area (Å²) in [5, 5.41) is 2.89. The third-order valence-electron chi connectivity index (χ3n) is 5.40. The van der Waals surface area contributed by atoms with E-state index in [4.69, 9.17) is 0 Å². The molecule has 0 aliphatic carbocycles. The molecule has 7 heteroatoms. The van der Waals surface area contributed by atoms with Crippen molar-refractivity contribution in [2.75, 3.05) is 19.0 Å². The van der Waals surface area contributed by atoms with Crippen LogP contribution in [0.3, 0.4) is 0 Å². The number of fused-ring (bicyclic) bond motifs is 1. The second-order valence-electron chi connectivity index (χ2n) is 7.40. The summed E-state index contributed by atoms with van der Waals surface area (Å²) in [7, 11) is 1.33. The number of carbonyl (C=O) groups is 2. The van der Waals surface area contributed by atoms with Gasteiger partial charge in [-0.25, -0.2) is 9.78 Å². The van der Waals surface area contributed by atoms with Crippen molar-refractivity contribution in [2.45, 2.75) is 32.4 Å². The van der Waals surface area contributed by atoms with E-state index in [0.717, 1.165) is 29.9 Å². The van der Waals surface area contributed by atoms with Crippen LogP contribution in [0.4, 0.5) is 5.69 Å². The molecule has 0 radical (unpaired) electrons. The standard InChI is InChI=1S/C22H24N4O3/c1-14-4-3-11-26(14)13-20-24-18-10-9-17(12-19(18)25-20)23-21(27)15-5-7-16(8-6-15)22(28)29-2/h5-10,12,14H,3-4,11,13H2,1-2H3,(H,23,27)(H,24,25)/t14-/m1/s1. The number of hydrogen-bond acceptors (Lipinski definition) is 5. The Bertz CT molecular complexity index is 1040. The highest BCUT2D eigenvalue weighted by Gasteiger charge is 2.21. The number of imidazole rings is 1. The number of H-pyrrole nitrogens is 1. The van der Waals surface area contributed by atoms with Crippen LogP contribution in [-0.4, -0.2) is 46.4 Å². The van der Waals surface area contributed by atoms with E-state index in [9.17, 15) is 9.59 Å². The Labute approximate surface area is 169 Å². The van der Waals surface area contributed by atoms with Crippen molar-refractivity contribution in [3.8, 4) is 0 Å². The number of ether oxygens (including phenoxy) is 1. The van der Waals surface area contributed by atoms with Crippen LogP contribution < -0.4 is 5.32 Å². The molecule has 150 valence electrons. The maximum absolute atomic E-state index is 12.5. The molecule has 1 atom stereocenters. The lowest BCUT2D eigenvalue weighted by molar-refractivity contribution is 0.0600. The highest BCUT2D eigenvalue weighted by Crippen LogP contribution is 2.22. The Morgan fingerprint density at radius 3 is 2.66 bits per heavy atom. The zero-order chi connectivity index (χ0) is 20.4. The molecule has 0 spiro atoms. The first-order valence-corrected chi connectivity index (χ1v) is 9.76. The van der Waals surface area contributed by atoms with Crippen LogP contribution in [0.15, 0.2) is 42.5 Å². The molecule has 29 heavy (non-hydrogen) atoms. The molecule has 1 aromatic heterocycles. The number of carbonyl (C=O) groups excluding carboxylic acids is 2. The fraction of sp³-hybridized carbons (Fsp3) is 0.318. The first-order chi connectivity index (χ1) is 14.0. The molecule has 1 fully saturated rings. The van der Waals surface area contributed by atoms with E-state index in [-0.39, 0.29) is 5.91 Å². The molecular weight excluding hydrogens is 368 g/mol. The SMILES string of the molecule is COC(=O)c1ccc(C(=O)Nc2ccc3nc(CN4CCC[C@H]4C)[nH]c3c2)cc1. The van der Waals surface area contributed by atoms with Gasteiger partial charge in [-0.05, 0) is 68.8 Å². The molecule has 3 aromatic rings. The lowest BCUT2D eigenvalue weighted by Gasteiger charge is -2.19. The molecule has 1 amide bonds. The summed E-state index contributed by atoms with van der Waals surface area (Å²) in [5.74, 6) is 0.266. The van der Waals surface area contributed by atoms with E-state index in [2.05, 4.69) is 31.8 Å². The van der Waals surface area contributed by atoms with Gasteiger partial charge in [0.25, 0.3) is 5.91 Å². The number of nitrogens with zero attached hydrogens (tertiary/aromatic N) is 2. The second kappa shape index (κ2) is 8.05. The van der Waals surface area contributed by atoms with Crippen molar-refractivity contribution in [2.24, 2.45) is 0 Å². The number of amides is 1. The topological polar surface area (TPSA) is 87.3 Å². The van der Waals surface area contributed by atoms with E-state index >= 15 is 0 Å². The summed E-state index contributed by atoms with van der Waals surface area (Å²) >= 11 is 0. The van der Waals surface area contributed by atoms with Gasteiger partial charge in [0.15, 0.2) is 0 Å². The van der Waals surface area contributed by atoms with Crippen LogP contribution in [0.5, 0.6) is 0 Å². The number of esters is 1. The summed E-state index contributed by atoms with van der Waals surface area (Å²) in [5.41, 5.74) is 3.33. The number of likely N-dealkylation sites (tertiary alicyclic amines) is 1. The van der Waals surface area contributed by atoms with Crippen LogP contribution in [0, 0.1) is 0 Å². The molecule has 0 unspecified atom stereocenters. The highest BCUT2D eigenvalue weighted by molar-refractivity contribution is 6.05. The van der Waals surface area contributed by atoms with Gasteiger partial charge in [-0.15, -0.1) is 0 Å². The number of anilines is 1. The largest absolute Gasteiger partial charge is 0.465 e. The van der Waals surface area contributed by atoms with Gasteiger partial charge < -0.3 is 15.0 Å². The molecular formula is C22H24N4O3. The molecule has 2 N–H and O–H groups in total. The lowest BCUT2D eigenvalue weighted by Crippen LogP contribution is -2.26. The summed E-state index contributed by atoms with van der Waals surface area (Å²) in [6.45, 7) is 4.17. The van der Waals surface area contributed by atoms with E-state index in [0.29, 0.717) is 22.9 Å². The number of hydrogen-bond donors (Lipinski definition) is 2. The van der Waals surface area contributed by atoms with Gasteiger partial charge in [-0.2, -0.15) is 0 Å². The molecule has 0 bridgehead atoms. The molecule has 4 rings (SSSR count). The lowest BCUT2D eigenvalue weighted by atomic mass is 10.1. The van der Waals surface area contributed by atoms with E-state index in [1.165, 1.54) is 20.0 Å². The van der Waals surface area contributed by atoms with Gasteiger partial charge >= 0.3 is 5.97 Å². The average Bonchev–Trinajstić information content (AvgIpc) is 3.32. The third kappa shape index (κ3) is 4.14. The van der Waals surface area contributed by atoms with Crippen molar-refractivity contribution in [1.82, 2.24) is 14.9 Å². The van der Waals surface area contributed by atoms with Crippen molar-refractivity contribution < 1.29 is 14.3 Å². The normalized spacial score (nSPS) is 16.8. The minimum atomic E-state index is -0.430. The van der Waals surface area contributed by atoms with Crippen LogP contribution in [0.25, 0.3) is 11.0 Å².